The smallest absolute Gasteiger partial charge is 0.340 e. The topological polar surface area (TPSA) is 107 Å². The maximum atomic E-state index is 12.7. The van der Waals surface area contributed by atoms with Crippen molar-refractivity contribution < 1.29 is 28.6 Å². The first-order valence-corrected chi connectivity index (χ1v) is 10.1. The standard InChI is InChI=1S/C22H23N3O6/c1-29-22(28)16-11-18-19(31-13-30-18)12-17(16)24-20(26)10-14-4-8-25(9-5-14)21(27)15-2-6-23-7-3-15/h2-3,6-7,11-12,14H,4-5,8-10,13H2,1H3,(H,24,26). The highest BCUT2D eigenvalue weighted by Crippen LogP contribution is 2.37. The summed E-state index contributed by atoms with van der Waals surface area (Å²) in [5.41, 5.74) is 1.15. The number of likely N-dealkylation sites (tertiary alicyclic amines) is 1. The van der Waals surface area contributed by atoms with E-state index in [1.807, 2.05) is 0 Å². The fourth-order valence-electron chi connectivity index (χ4n) is 3.80. The predicted octanol–water partition coefficient (Wildman–Crippen LogP) is 2.48. The van der Waals surface area contributed by atoms with Gasteiger partial charge in [-0.3, -0.25) is 14.6 Å². The number of piperidine rings is 1. The number of methoxy groups -OCH3 is 1. The Kier molecular flexibility index (Phi) is 6.01. The fraction of sp³-hybridized carbons (Fsp3) is 0.364. The average Bonchev–Trinajstić information content (AvgIpc) is 3.26. The predicted molar refractivity (Wildman–Crippen MR) is 110 cm³/mol. The van der Waals surface area contributed by atoms with Crippen molar-refractivity contribution in [3.05, 3.63) is 47.8 Å². The van der Waals surface area contributed by atoms with Gasteiger partial charge in [-0.2, -0.15) is 0 Å². The van der Waals surface area contributed by atoms with Crippen LogP contribution in [-0.4, -0.2) is 54.7 Å². The Hall–Kier alpha value is -3.62. The maximum Gasteiger partial charge on any atom is 0.340 e. The summed E-state index contributed by atoms with van der Waals surface area (Å²) >= 11 is 0. The maximum absolute atomic E-state index is 12.7. The molecule has 0 spiro atoms. The second kappa shape index (κ2) is 9.03. The summed E-state index contributed by atoms with van der Waals surface area (Å²) in [6.07, 6.45) is 4.96. The zero-order valence-corrected chi connectivity index (χ0v) is 17.1. The van der Waals surface area contributed by atoms with E-state index in [1.165, 1.54) is 13.2 Å². The minimum Gasteiger partial charge on any atom is -0.465 e. The lowest BCUT2D eigenvalue weighted by atomic mass is 9.92. The number of nitrogens with one attached hydrogen (secondary N) is 1. The Morgan fingerprint density at radius 2 is 1.81 bits per heavy atom. The third-order valence-electron chi connectivity index (χ3n) is 5.50. The lowest BCUT2D eigenvalue weighted by Gasteiger charge is -2.31. The van der Waals surface area contributed by atoms with E-state index in [4.69, 9.17) is 14.2 Å². The second-order valence-electron chi connectivity index (χ2n) is 7.47. The zero-order valence-electron chi connectivity index (χ0n) is 17.1. The Bertz CT molecular complexity index is 986. The number of rotatable bonds is 5. The molecule has 0 radical (unpaired) electrons. The number of carbonyl (C=O) groups excluding carboxylic acids is 3. The molecule has 2 aliphatic rings. The van der Waals surface area contributed by atoms with E-state index in [1.54, 1.807) is 35.5 Å². The van der Waals surface area contributed by atoms with Crippen molar-refractivity contribution in [1.29, 1.82) is 0 Å². The first-order chi connectivity index (χ1) is 15.0. The van der Waals surface area contributed by atoms with Gasteiger partial charge < -0.3 is 24.4 Å². The number of anilines is 1. The number of nitrogens with zero attached hydrogens (tertiary/aromatic N) is 2. The monoisotopic (exact) mass is 425 g/mol. The number of pyridine rings is 1. The van der Waals surface area contributed by atoms with Crippen molar-refractivity contribution in [1.82, 2.24) is 9.88 Å². The van der Waals surface area contributed by atoms with E-state index in [9.17, 15) is 14.4 Å². The number of hydrogen-bond donors (Lipinski definition) is 1. The lowest BCUT2D eigenvalue weighted by Crippen LogP contribution is -2.39. The van der Waals surface area contributed by atoms with E-state index in [-0.39, 0.29) is 30.1 Å². The minimum absolute atomic E-state index is 0.0200. The van der Waals surface area contributed by atoms with Gasteiger partial charge in [-0.15, -0.1) is 0 Å². The van der Waals surface area contributed by atoms with Crippen LogP contribution in [0.5, 0.6) is 11.5 Å². The van der Waals surface area contributed by atoms with Gasteiger partial charge in [0.15, 0.2) is 11.5 Å². The van der Waals surface area contributed by atoms with E-state index in [0.717, 1.165) is 12.8 Å². The van der Waals surface area contributed by atoms with Crippen molar-refractivity contribution in [2.45, 2.75) is 19.3 Å². The second-order valence-corrected chi connectivity index (χ2v) is 7.47. The van der Waals surface area contributed by atoms with Gasteiger partial charge in [0, 0.05) is 49.6 Å². The molecule has 0 aliphatic carbocycles. The summed E-state index contributed by atoms with van der Waals surface area (Å²) in [7, 11) is 1.28. The highest BCUT2D eigenvalue weighted by molar-refractivity contribution is 6.02. The Morgan fingerprint density at radius 3 is 2.48 bits per heavy atom. The van der Waals surface area contributed by atoms with E-state index in [2.05, 4.69) is 10.3 Å². The minimum atomic E-state index is -0.573. The third-order valence-corrected chi connectivity index (χ3v) is 5.50. The average molecular weight is 425 g/mol. The van der Waals surface area contributed by atoms with Crippen LogP contribution in [0.4, 0.5) is 5.69 Å². The molecule has 1 fully saturated rings. The molecular formula is C22H23N3O6. The van der Waals surface area contributed by atoms with Crippen LogP contribution in [0.25, 0.3) is 0 Å². The molecule has 31 heavy (non-hydrogen) atoms. The lowest BCUT2D eigenvalue weighted by molar-refractivity contribution is -0.117. The van der Waals surface area contributed by atoms with Crippen LogP contribution in [0.15, 0.2) is 36.7 Å². The van der Waals surface area contributed by atoms with Crippen molar-refractivity contribution in [2.24, 2.45) is 5.92 Å². The number of fused-ring (bicyclic) bond motifs is 1. The summed E-state index contributed by atoms with van der Waals surface area (Å²) in [5.74, 6) is 0.250. The van der Waals surface area contributed by atoms with E-state index >= 15 is 0 Å². The van der Waals surface area contributed by atoms with Crippen molar-refractivity contribution in [3.8, 4) is 11.5 Å². The number of hydrogen-bond acceptors (Lipinski definition) is 7. The molecule has 9 nitrogen and oxygen atoms in total. The first-order valence-electron chi connectivity index (χ1n) is 10.1. The third kappa shape index (κ3) is 4.60. The Balaban J connectivity index is 1.35. The number of aromatic nitrogens is 1. The number of ether oxygens (including phenoxy) is 3. The molecule has 1 aromatic heterocycles. The number of benzene rings is 1. The van der Waals surface area contributed by atoms with Crippen molar-refractivity contribution >= 4 is 23.5 Å². The van der Waals surface area contributed by atoms with E-state index < -0.39 is 5.97 Å². The van der Waals surface area contributed by atoms with Gasteiger partial charge in [0.2, 0.25) is 12.7 Å². The number of esters is 1. The highest BCUT2D eigenvalue weighted by Gasteiger charge is 2.27. The largest absolute Gasteiger partial charge is 0.465 e. The molecule has 0 atom stereocenters. The van der Waals surface area contributed by atoms with Crippen molar-refractivity contribution in [2.75, 3.05) is 32.3 Å². The van der Waals surface area contributed by atoms with Crippen LogP contribution < -0.4 is 14.8 Å². The van der Waals surface area contributed by atoms with Gasteiger partial charge in [0.05, 0.1) is 18.4 Å². The Labute approximate surface area is 179 Å². The van der Waals surface area contributed by atoms with Crippen molar-refractivity contribution in [3.63, 3.8) is 0 Å². The van der Waals surface area contributed by atoms with Crippen LogP contribution in [0.2, 0.25) is 0 Å². The van der Waals surface area contributed by atoms with Gasteiger partial charge >= 0.3 is 5.97 Å². The quantitative estimate of drug-likeness (QED) is 0.734. The summed E-state index contributed by atoms with van der Waals surface area (Å²) in [6.45, 7) is 1.25. The first kappa shape index (κ1) is 20.6. The molecule has 1 aromatic carbocycles. The summed E-state index contributed by atoms with van der Waals surface area (Å²) in [6, 6.07) is 6.48. The fourth-order valence-corrected chi connectivity index (χ4v) is 3.80. The highest BCUT2D eigenvalue weighted by atomic mass is 16.7. The molecule has 2 aliphatic heterocycles. The summed E-state index contributed by atoms with van der Waals surface area (Å²) in [4.78, 5) is 43.1. The van der Waals surface area contributed by atoms with Gasteiger partial charge in [0.25, 0.3) is 5.91 Å². The summed E-state index contributed by atoms with van der Waals surface area (Å²) in [5, 5.41) is 2.80. The van der Waals surface area contributed by atoms with Crippen LogP contribution in [0, 0.1) is 5.92 Å². The molecule has 2 aromatic rings. The molecule has 0 bridgehead atoms. The zero-order chi connectivity index (χ0) is 21.8. The van der Waals surface area contributed by atoms with Gasteiger partial charge in [-0.1, -0.05) is 0 Å². The Morgan fingerprint density at radius 1 is 1.13 bits per heavy atom. The van der Waals surface area contributed by atoms with Gasteiger partial charge in [-0.25, -0.2) is 4.79 Å². The van der Waals surface area contributed by atoms with Crippen LogP contribution in [-0.2, 0) is 9.53 Å². The molecule has 2 amide bonds. The molecule has 162 valence electrons. The number of amides is 2. The molecular weight excluding hydrogens is 402 g/mol. The summed E-state index contributed by atoms with van der Waals surface area (Å²) < 4.78 is 15.5. The molecule has 0 saturated carbocycles. The molecule has 1 saturated heterocycles. The van der Waals surface area contributed by atoms with E-state index in [0.29, 0.717) is 42.3 Å². The molecule has 0 unspecified atom stereocenters. The number of carbonyl (C=O) groups is 3. The molecule has 3 heterocycles. The van der Waals surface area contributed by atoms with Gasteiger partial charge in [-0.05, 0) is 30.9 Å². The SMILES string of the molecule is COC(=O)c1cc2c(cc1NC(=O)CC1CCN(C(=O)c3ccncc3)CC1)OCO2. The molecule has 9 heteroatoms. The normalized spacial score (nSPS) is 15.5. The molecule has 4 rings (SSSR count). The van der Waals surface area contributed by atoms with Crippen LogP contribution in [0.3, 0.4) is 0 Å². The van der Waals surface area contributed by atoms with Crippen LogP contribution >= 0.6 is 0 Å². The molecule has 1 N–H and O–H groups in total. The van der Waals surface area contributed by atoms with Gasteiger partial charge in [0.1, 0.15) is 0 Å². The van der Waals surface area contributed by atoms with Crippen LogP contribution in [0.1, 0.15) is 40.0 Å².